The number of hydrogen-bond donors (Lipinski definition) is 1. The van der Waals surface area contributed by atoms with Gasteiger partial charge in [0.05, 0.1) is 0 Å². The van der Waals surface area contributed by atoms with Crippen LogP contribution >= 0.6 is 11.3 Å². The molecule has 0 bridgehead atoms. The van der Waals surface area contributed by atoms with Gasteiger partial charge in [0.1, 0.15) is 0 Å². The number of benzene rings is 1. The van der Waals surface area contributed by atoms with Gasteiger partial charge in [-0.2, -0.15) is 0 Å². The molecule has 1 nitrogen and oxygen atoms in total. The second kappa shape index (κ2) is 5.25. The van der Waals surface area contributed by atoms with E-state index in [1.165, 1.54) is 21.6 Å². The molecule has 0 aliphatic heterocycles. The first-order chi connectivity index (χ1) is 8.58. The van der Waals surface area contributed by atoms with Gasteiger partial charge in [-0.1, -0.05) is 45.0 Å². The van der Waals surface area contributed by atoms with Gasteiger partial charge in [0, 0.05) is 11.4 Å². The van der Waals surface area contributed by atoms with Crippen LogP contribution < -0.4 is 5.73 Å². The Morgan fingerprint density at radius 3 is 2.33 bits per heavy atom. The minimum absolute atomic E-state index is 0.254. The van der Waals surface area contributed by atoms with Crippen molar-refractivity contribution in [3.8, 4) is 11.1 Å². The van der Waals surface area contributed by atoms with Crippen LogP contribution in [0.5, 0.6) is 0 Å². The van der Waals surface area contributed by atoms with Crippen molar-refractivity contribution in [1.29, 1.82) is 0 Å². The maximum absolute atomic E-state index is 5.76. The second-order valence-corrected chi connectivity index (χ2v) is 6.28. The second-order valence-electron chi connectivity index (χ2n) is 5.28. The summed E-state index contributed by atoms with van der Waals surface area (Å²) < 4.78 is 0. The fourth-order valence-corrected chi connectivity index (χ4v) is 2.84. The highest BCUT2D eigenvalue weighted by atomic mass is 32.1. The first-order valence-electron chi connectivity index (χ1n) is 6.46. The molecule has 0 amide bonds. The summed E-state index contributed by atoms with van der Waals surface area (Å²) in [6.45, 7) is 7.43. The number of thiophene rings is 1. The Bertz CT molecular complexity index is 508. The third-order valence-electron chi connectivity index (χ3n) is 3.79. The van der Waals surface area contributed by atoms with Crippen molar-refractivity contribution >= 4 is 11.3 Å². The minimum atomic E-state index is 0.254. The lowest BCUT2D eigenvalue weighted by molar-refractivity contribution is 0.506. The van der Waals surface area contributed by atoms with E-state index in [0.29, 0.717) is 6.54 Å². The van der Waals surface area contributed by atoms with E-state index in [4.69, 9.17) is 5.73 Å². The molecule has 1 aromatic heterocycles. The summed E-state index contributed by atoms with van der Waals surface area (Å²) in [5.41, 5.74) is 9.97. The lowest BCUT2D eigenvalue weighted by Crippen LogP contribution is -2.14. The highest BCUT2D eigenvalue weighted by Gasteiger charge is 2.17. The van der Waals surface area contributed by atoms with E-state index in [0.717, 1.165) is 6.42 Å². The molecule has 1 aromatic carbocycles. The smallest absolute Gasteiger partial charge is 0.0280 e. The molecule has 0 spiro atoms. The van der Waals surface area contributed by atoms with Crippen molar-refractivity contribution in [2.24, 2.45) is 5.73 Å². The lowest BCUT2D eigenvalue weighted by atomic mass is 9.82. The van der Waals surface area contributed by atoms with Crippen LogP contribution in [-0.4, -0.2) is 0 Å². The molecule has 2 rings (SSSR count). The van der Waals surface area contributed by atoms with Crippen molar-refractivity contribution in [1.82, 2.24) is 0 Å². The SMILES string of the molecule is CCC(C)(C)c1ccc(-c2ccsc2CN)cc1. The molecule has 2 N–H and O–H groups in total. The summed E-state index contributed by atoms with van der Waals surface area (Å²) in [6.07, 6.45) is 1.15. The number of rotatable bonds is 4. The average molecular weight is 259 g/mol. The Labute approximate surface area is 114 Å². The standard InChI is InChI=1S/C16H21NS/c1-4-16(2,3)13-7-5-12(6-8-13)14-9-10-18-15(14)11-17/h5-10H,4,11,17H2,1-3H3. The molecule has 0 atom stereocenters. The Kier molecular flexibility index (Phi) is 3.88. The topological polar surface area (TPSA) is 26.0 Å². The summed E-state index contributed by atoms with van der Waals surface area (Å²) in [5, 5.41) is 2.11. The zero-order valence-electron chi connectivity index (χ0n) is 11.4. The summed E-state index contributed by atoms with van der Waals surface area (Å²) in [4.78, 5) is 1.26. The maximum Gasteiger partial charge on any atom is 0.0280 e. The normalized spacial score (nSPS) is 11.8. The van der Waals surface area contributed by atoms with Crippen LogP contribution in [0.2, 0.25) is 0 Å². The van der Waals surface area contributed by atoms with Crippen LogP contribution in [0, 0.1) is 0 Å². The van der Waals surface area contributed by atoms with Gasteiger partial charge in [-0.3, -0.25) is 0 Å². The molecule has 0 radical (unpaired) electrons. The van der Waals surface area contributed by atoms with Gasteiger partial charge < -0.3 is 5.73 Å². The average Bonchev–Trinajstić information content (AvgIpc) is 2.87. The molecule has 0 aliphatic rings. The number of nitrogens with two attached hydrogens (primary N) is 1. The molecule has 1 heterocycles. The Morgan fingerprint density at radius 1 is 1.11 bits per heavy atom. The molecule has 18 heavy (non-hydrogen) atoms. The van der Waals surface area contributed by atoms with Gasteiger partial charge in [0.25, 0.3) is 0 Å². The summed E-state index contributed by atoms with van der Waals surface area (Å²) in [5.74, 6) is 0. The fourth-order valence-electron chi connectivity index (χ4n) is 2.06. The van der Waals surface area contributed by atoms with Gasteiger partial charge in [-0.25, -0.2) is 0 Å². The largest absolute Gasteiger partial charge is 0.326 e. The molecule has 0 saturated carbocycles. The van der Waals surface area contributed by atoms with Gasteiger partial charge >= 0.3 is 0 Å². The molecular formula is C16H21NS. The molecule has 2 aromatic rings. The van der Waals surface area contributed by atoms with Gasteiger partial charge in [0.2, 0.25) is 0 Å². The van der Waals surface area contributed by atoms with Crippen LogP contribution in [0.15, 0.2) is 35.7 Å². The van der Waals surface area contributed by atoms with Crippen LogP contribution in [0.4, 0.5) is 0 Å². The van der Waals surface area contributed by atoms with E-state index in [9.17, 15) is 0 Å². The monoisotopic (exact) mass is 259 g/mol. The van der Waals surface area contributed by atoms with Crippen LogP contribution in [0.25, 0.3) is 11.1 Å². The van der Waals surface area contributed by atoms with Crippen molar-refractivity contribution in [2.75, 3.05) is 0 Å². The van der Waals surface area contributed by atoms with E-state index in [-0.39, 0.29) is 5.41 Å². The maximum atomic E-state index is 5.76. The fraction of sp³-hybridized carbons (Fsp3) is 0.375. The highest BCUT2D eigenvalue weighted by molar-refractivity contribution is 7.10. The third kappa shape index (κ3) is 2.50. The van der Waals surface area contributed by atoms with Gasteiger partial charge in [-0.15, -0.1) is 11.3 Å². The van der Waals surface area contributed by atoms with Crippen LogP contribution in [-0.2, 0) is 12.0 Å². The zero-order valence-corrected chi connectivity index (χ0v) is 12.2. The quantitative estimate of drug-likeness (QED) is 0.855. The number of hydrogen-bond acceptors (Lipinski definition) is 2. The van der Waals surface area contributed by atoms with E-state index < -0.39 is 0 Å². The summed E-state index contributed by atoms with van der Waals surface area (Å²) in [7, 11) is 0. The van der Waals surface area contributed by atoms with Crippen molar-refractivity contribution < 1.29 is 0 Å². The Morgan fingerprint density at radius 2 is 1.78 bits per heavy atom. The Balaban J connectivity index is 2.34. The van der Waals surface area contributed by atoms with Crippen LogP contribution in [0.1, 0.15) is 37.6 Å². The van der Waals surface area contributed by atoms with Crippen molar-refractivity contribution in [3.05, 3.63) is 46.2 Å². The van der Waals surface area contributed by atoms with E-state index >= 15 is 0 Å². The third-order valence-corrected chi connectivity index (χ3v) is 4.74. The predicted octanol–water partition coefficient (Wildman–Crippen LogP) is 4.56. The van der Waals surface area contributed by atoms with Crippen molar-refractivity contribution in [3.63, 3.8) is 0 Å². The molecular weight excluding hydrogens is 238 g/mol. The molecule has 0 saturated heterocycles. The first-order valence-corrected chi connectivity index (χ1v) is 7.34. The zero-order chi connectivity index (χ0) is 13.2. The molecule has 0 fully saturated rings. The van der Waals surface area contributed by atoms with E-state index in [1.807, 2.05) is 0 Å². The minimum Gasteiger partial charge on any atom is -0.326 e. The van der Waals surface area contributed by atoms with Gasteiger partial charge in [0.15, 0.2) is 0 Å². The van der Waals surface area contributed by atoms with E-state index in [2.05, 4.69) is 56.5 Å². The van der Waals surface area contributed by atoms with Crippen molar-refractivity contribution in [2.45, 2.75) is 39.2 Å². The van der Waals surface area contributed by atoms with E-state index in [1.54, 1.807) is 11.3 Å². The Hall–Kier alpha value is -1.12. The van der Waals surface area contributed by atoms with Gasteiger partial charge in [-0.05, 0) is 40.0 Å². The highest BCUT2D eigenvalue weighted by Crippen LogP contribution is 2.31. The lowest BCUT2D eigenvalue weighted by Gasteiger charge is -2.23. The summed E-state index contributed by atoms with van der Waals surface area (Å²) >= 11 is 1.73. The van der Waals surface area contributed by atoms with Crippen LogP contribution in [0.3, 0.4) is 0 Å². The summed E-state index contributed by atoms with van der Waals surface area (Å²) in [6, 6.07) is 11.1. The molecule has 0 unspecified atom stereocenters. The first kappa shape index (κ1) is 13.3. The predicted molar refractivity (Wildman–Crippen MR) is 81.0 cm³/mol. The molecule has 96 valence electrons. The molecule has 0 aliphatic carbocycles. The molecule has 2 heteroatoms.